The molecule has 0 bridgehead atoms. The molecule has 6 nitrogen and oxygen atoms in total. The average Bonchev–Trinajstić information content (AvgIpc) is 2.68. The Morgan fingerprint density at radius 3 is 2.68 bits per heavy atom. The molecule has 22 heavy (non-hydrogen) atoms. The first-order chi connectivity index (χ1) is 10.4. The first kappa shape index (κ1) is 16.8. The van der Waals surface area contributed by atoms with Crippen molar-refractivity contribution in [1.29, 1.82) is 0 Å². The van der Waals surface area contributed by atoms with Gasteiger partial charge in [-0.2, -0.15) is 5.10 Å². The molecule has 3 atom stereocenters. The molecule has 1 saturated carbocycles. The molecule has 2 amide bonds. The smallest absolute Gasteiger partial charge is 0.315 e. The van der Waals surface area contributed by atoms with E-state index >= 15 is 0 Å². The highest BCUT2D eigenvalue weighted by Gasteiger charge is 2.25. The van der Waals surface area contributed by atoms with Gasteiger partial charge in [0.2, 0.25) is 0 Å². The lowest BCUT2D eigenvalue weighted by atomic mass is 9.93. The summed E-state index contributed by atoms with van der Waals surface area (Å²) in [6.45, 7) is 6.02. The van der Waals surface area contributed by atoms with Crippen LogP contribution in [0.1, 0.15) is 49.6 Å². The molecule has 3 N–H and O–H groups in total. The molecule has 1 aromatic rings. The van der Waals surface area contributed by atoms with E-state index in [4.69, 9.17) is 0 Å². The van der Waals surface area contributed by atoms with Crippen LogP contribution in [-0.2, 0) is 13.5 Å². The summed E-state index contributed by atoms with van der Waals surface area (Å²) in [6.07, 6.45) is 4.06. The molecule has 3 unspecified atom stereocenters. The zero-order valence-electron chi connectivity index (χ0n) is 14.0. The molecule has 6 heteroatoms. The topological polar surface area (TPSA) is 79.2 Å². The van der Waals surface area contributed by atoms with Crippen molar-refractivity contribution < 1.29 is 9.90 Å². The molecule has 2 rings (SSSR count). The van der Waals surface area contributed by atoms with Crippen LogP contribution in [0.4, 0.5) is 4.79 Å². The second-order valence-electron chi connectivity index (χ2n) is 6.45. The zero-order chi connectivity index (χ0) is 16.3. The van der Waals surface area contributed by atoms with E-state index in [0.717, 1.165) is 43.5 Å². The summed E-state index contributed by atoms with van der Waals surface area (Å²) in [7, 11) is 1.93. The van der Waals surface area contributed by atoms with Gasteiger partial charge in [0.25, 0.3) is 0 Å². The highest BCUT2D eigenvalue weighted by atomic mass is 16.3. The van der Waals surface area contributed by atoms with Crippen molar-refractivity contribution in [3.63, 3.8) is 0 Å². The predicted molar refractivity (Wildman–Crippen MR) is 85.8 cm³/mol. The normalized spacial score (nSPS) is 23.1. The van der Waals surface area contributed by atoms with Gasteiger partial charge in [-0.25, -0.2) is 4.79 Å². The van der Waals surface area contributed by atoms with Gasteiger partial charge >= 0.3 is 6.03 Å². The summed E-state index contributed by atoms with van der Waals surface area (Å²) in [5, 5.41) is 20.2. The zero-order valence-corrected chi connectivity index (χ0v) is 14.0. The second kappa shape index (κ2) is 7.13. The number of aryl methyl sites for hydroxylation is 2. The largest absolute Gasteiger partial charge is 0.391 e. The molecule has 0 aliphatic heterocycles. The van der Waals surface area contributed by atoms with E-state index in [0.29, 0.717) is 0 Å². The number of amides is 2. The standard InChI is InChI=1S/C16H28N4O2/c1-10(9-13-11(2)19-20(4)12(13)3)17-16(22)18-14-7-5-6-8-15(14)21/h10,14-15,21H,5-9H2,1-4H3,(H2,17,18,22). The lowest BCUT2D eigenvalue weighted by molar-refractivity contribution is 0.0941. The minimum absolute atomic E-state index is 0.0160. The Hall–Kier alpha value is -1.56. The number of aromatic nitrogens is 2. The monoisotopic (exact) mass is 308 g/mol. The summed E-state index contributed by atoms with van der Waals surface area (Å²) in [6, 6.07) is -0.303. The van der Waals surface area contributed by atoms with Crippen LogP contribution >= 0.6 is 0 Å². The van der Waals surface area contributed by atoms with Crippen LogP contribution in [-0.4, -0.2) is 39.1 Å². The SMILES string of the molecule is Cc1nn(C)c(C)c1CC(C)NC(=O)NC1CCCCC1O. The highest BCUT2D eigenvalue weighted by molar-refractivity contribution is 5.74. The molecule has 1 aliphatic carbocycles. The Labute approximate surface area is 132 Å². The number of carbonyl (C=O) groups excluding carboxylic acids is 1. The Balaban J connectivity index is 1.86. The molecule has 1 aromatic heterocycles. The van der Waals surface area contributed by atoms with E-state index in [1.807, 2.05) is 32.5 Å². The minimum Gasteiger partial charge on any atom is -0.391 e. The lowest BCUT2D eigenvalue weighted by Gasteiger charge is -2.29. The van der Waals surface area contributed by atoms with E-state index in [9.17, 15) is 9.90 Å². The Kier molecular flexibility index (Phi) is 5.45. The quantitative estimate of drug-likeness (QED) is 0.790. The Bertz CT molecular complexity index is 526. The van der Waals surface area contributed by atoms with E-state index < -0.39 is 6.10 Å². The van der Waals surface area contributed by atoms with Crippen LogP contribution in [0.25, 0.3) is 0 Å². The van der Waals surface area contributed by atoms with E-state index in [2.05, 4.69) is 15.7 Å². The Morgan fingerprint density at radius 2 is 2.09 bits per heavy atom. The highest BCUT2D eigenvalue weighted by Crippen LogP contribution is 2.18. The third-order valence-corrected chi connectivity index (χ3v) is 4.59. The number of hydrogen-bond donors (Lipinski definition) is 3. The van der Waals surface area contributed by atoms with Gasteiger partial charge in [-0.15, -0.1) is 0 Å². The maximum absolute atomic E-state index is 12.1. The Morgan fingerprint density at radius 1 is 1.41 bits per heavy atom. The second-order valence-corrected chi connectivity index (χ2v) is 6.45. The molecular formula is C16H28N4O2. The van der Waals surface area contributed by atoms with Gasteiger partial charge in [0, 0.05) is 18.8 Å². The fraction of sp³-hybridized carbons (Fsp3) is 0.750. The van der Waals surface area contributed by atoms with Crippen LogP contribution < -0.4 is 10.6 Å². The minimum atomic E-state index is -0.419. The summed E-state index contributed by atoms with van der Waals surface area (Å²) in [5.41, 5.74) is 3.33. The van der Waals surface area contributed by atoms with Crippen LogP contribution in [0.2, 0.25) is 0 Å². The van der Waals surface area contributed by atoms with Crippen molar-refractivity contribution in [2.75, 3.05) is 0 Å². The van der Waals surface area contributed by atoms with Crippen molar-refractivity contribution in [3.8, 4) is 0 Å². The number of aliphatic hydroxyl groups excluding tert-OH is 1. The van der Waals surface area contributed by atoms with Crippen LogP contribution in [0.15, 0.2) is 0 Å². The van der Waals surface area contributed by atoms with E-state index in [-0.39, 0.29) is 18.1 Å². The summed E-state index contributed by atoms with van der Waals surface area (Å²) in [5.74, 6) is 0. The first-order valence-corrected chi connectivity index (χ1v) is 8.12. The molecule has 1 fully saturated rings. The molecule has 0 spiro atoms. The van der Waals surface area contributed by atoms with Crippen LogP contribution in [0.3, 0.4) is 0 Å². The number of nitrogens with zero attached hydrogens (tertiary/aromatic N) is 2. The number of aliphatic hydroxyl groups is 1. The van der Waals surface area contributed by atoms with Gasteiger partial charge < -0.3 is 15.7 Å². The maximum atomic E-state index is 12.1. The first-order valence-electron chi connectivity index (χ1n) is 8.12. The lowest BCUT2D eigenvalue weighted by Crippen LogP contribution is -2.51. The molecule has 0 radical (unpaired) electrons. The molecule has 0 saturated heterocycles. The van der Waals surface area contributed by atoms with Gasteiger partial charge in [-0.1, -0.05) is 12.8 Å². The number of urea groups is 1. The number of rotatable bonds is 4. The fourth-order valence-electron chi connectivity index (χ4n) is 3.18. The average molecular weight is 308 g/mol. The molecule has 0 aromatic carbocycles. The van der Waals surface area contributed by atoms with Gasteiger partial charge in [-0.3, -0.25) is 4.68 Å². The van der Waals surface area contributed by atoms with Crippen molar-refractivity contribution in [2.45, 2.75) is 71.1 Å². The summed E-state index contributed by atoms with van der Waals surface area (Å²) < 4.78 is 1.87. The van der Waals surface area contributed by atoms with Crippen molar-refractivity contribution in [1.82, 2.24) is 20.4 Å². The summed E-state index contributed by atoms with van der Waals surface area (Å²) >= 11 is 0. The maximum Gasteiger partial charge on any atom is 0.315 e. The number of nitrogens with one attached hydrogen (secondary N) is 2. The van der Waals surface area contributed by atoms with Crippen molar-refractivity contribution >= 4 is 6.03 Å². The fourth-order valence-corrected chi connectivity index (χ4v) is 3.18. The van der Waals surface area contributed by atoms with E-state index in [1.54, 1.807) is 0 Å². The number of hydrogen-bond acceptors (Lipinski definition) is 3. The third-order valence-electron chi connectivity index (χ3n) is 4.59. The molecule has 124 valence electrons. The number of carbonyl (C=O) groups is 1. The third kappa shape index (κ3) is 4.00. The van der Waals surface area contributed by atoms with Gasteiger partial charge in [0.05, 0.1) is 17.8 Å². The van der Waals surface area contributed by atoms with E-state index in [1.165, 1.54) is 5.56 Å². The van der Waals surface area contributed by atoms with Crippen molar-refractivity contribution in [3.05, 3.63) is 17.0 Å². The van der Waals surface area contributed by atoms with Crippen LogP contribution in [0.5, 0.6) is 0 Å². The molecule has 1 heterocycles. The summed E-state index contributed by atoms with van der Waals surface area (Å²) in [4.78, 5) is 12.1. The molecular weight excluding hydrogens is 280 g/mol. The molecule has 1 aliphatic rings. The van der Waals surface area contributed by atoms with Gasteiger partial charge in [-0.05, 0) is 45.6 Å². The predicted octanol–water partition coefficient (Wildman–Crippen LogP) is 1.57. The van der Waals surface area contributed by atoms with Gasteiger partial charge in [0.1, 0.15) is 0 Å². The van der Waals surface area contributed by atoms with Gasteiger partial charge in [0.15, 0.2) is 0 Å². The van der Waals surface area contributed by atoms with Crippen molar-refractivity contribution in [2.24, 2.45) is 7.05 Å². The van der Waals surface area contributed by atoms with Crippen LogP contribution in [0, 0.1) is 13.8 Å².